The van der Waals surface area contributed by atoms with Gasteiger partial charge in [-0.15, -0.1) is 0 Å². The number of carbonyl (C=O) groups is 1. The largest absolute Gasteiger partial charge is 0.348 e. The van der Waals surface area contributed by atoms with Crippen LogP contribution in [0.4, 0.5) is 5.69 Å². The molecule has 0 unspecified atom stereocenters. The third-order valence-corrected chi connectivity index (χ3v) is 7.11. The summed E-state index contributed by atoms with van der Waals surface area (Å²) in [5.74, 6) is -0.385. The van der Waals surface area contributed by atoms with Crippen LogP contribution < -0.4 is 9.62 Å². The van der Waals surface area contributed by atoms with E-state index in [9.17, 15) is 13.2 Å². The fourth-order valence-electron chi connectivity index (χ4n) is 3.37. The fourth-order valence-corrected chi connectivity index (χ4v) is 5.37. The van der Waals surface area contributed by atoms with E-state index >= 15 is 0 Å². The average molecular weight is 431 g/mol. The molecule has 0 saturated heterocycles. The maximum absolute atomic E-state index is 13.3. The lowest BCUT2D eigenvalue weighted by Gasteiger charge is -2.20. The van der Waals surface area contributed by atoms with Gasteiger partial charge < -0.3 is 5.32 Å². The number of halogens is 1. The fraction of sp³-hybridized carbons (Fsp3) is 0.200. The van der Waals surface area contributed by atoms with Gasteiger partial charge in [-0.1, -0.05) is 29.8 Å². The SMILES string of the molecule is Cn1cc(CNC(=O)c2ccc(Cl)c(S(=O)(=O)N3CCc4ccccc43)c2)cn1. The number of anilines is 1. The van der Waals surface area contributed by atoms with Crippen LogP contribution in [0.1, 0.15) is 21.5 Å². The number of fused-ring (bicyclic) bond motifs is 1. The van der Waals surface area contributed by atoms with E-state index < -0.39 is 10.0 Å². The summed E-state index contributed by atoms with van der Waals surface area (Å²) in [6, 6.07) is 11.7. The lowest BCUT2D eigenvalue weighted by molar-refractivity contribution is 0.0950. The highest BCUT2D eigenvalue weighted by molar-refractivity contribution is 7.93. The molecule has 9 heteroatoms. The molecule has 0 atom stereocenters. The predicted molar refractivity (Wildman–Crippen MR) is 111 cm³/mol. The molecule has 1 aliphatic heterocycles. The van der Waals surface area contributed by atoms with Crippen molar-refractivity contribution in [2.75, 3.05) is 10.8 Å². The van der Waals surface area contributed by atoms with Crippen LogP contribution in [-0.2, 0) is 30.0 Å². The van der Waals surface area contributed by atoms with Crippen LogP contribution in [0.3, 0.4) is 0 Å². The van der Waals surface area contributed by atoms with Crippen LogP contribution in [0.2, 0.25) is 5.02 Å². The van der Waals surface area contributed by atoms with E-state index in [1.165, 1.54) is 22.5 Å². The van der Waals surface area contributed by atoms with Crippen molar-refractivity contribution in [2.24, 2.45) is 7.05 Å². The van der Waals surface area contributed by atoms with Crippen LogP contribution in [-0.4, -0.2) is 30.7 Å². The number of nitrogens with one attached hydrogen (secondary N) is 1. The number of aryl methyl sites for hydroxylation is 1. The number of para-hydroxylation sites is 1. The van der Waals surface area contributed by atoms with E-state index in [0.717, 1.165) is 11.1 Å². The third-order valence-electron chi connectivity index (χ3n) is 4.82. The highest BCUT2D eigenvalue weighted by Crippen LogP contribution is 2.35. The van der Waals surface area contributed by atoms with E-state index in [2.05, 4.69) is 10.4 Å². The minimum Gasteiger partial charge on any atom is -0.348 e. The summed E-state index contributed by atoms with van der Waals surface area (Å²) in [6.07, 6.45) is 4.09. The second-order valence-electron chi connectivity index (χ2n) is 6.81. The van der Waals surface area contributed by atoms with Crippen LogP contribution in [0.15, 0.2) is 59.8 Å². The number of sulfonamides is 1. The molecule has 1 aliphatic rings. The molecular weight excluding hydrogens is 412 g/mol. The standard InChI is InChI=1S/C20H19ClN4O3S/c1-24-13-14(12-23-24)11-22-20(26)16-6-7-17(21)19(10-16)29(27,28)25-9-8-15-4-2-3-5-18(15)25/h2-7,10,12-13H,8-9,11H2,1H3,(H,22,26). The highest BCUT2D eigenvalue weighted by atomic mass is 35.5. The summed E-state index contributed by atoms with van der Waals surface area (Å²) in [5, 5.41) is 6.90. The maximum Gasteiger partial charge on any atom is 0.265 e. The number of carbonyl (C=O) groups excluding carboxylic acids is 1. The van der Waals surface area contributed by atoms with Crippen molar-refractivity contribution in [3.8, 4) is 0 Å². The first kappa shape index (κ1) is 19.5. The van der Waals surface area contributed by atoms with Gasteiger partial charge in [-0.2, -0.15) is 5.10 Å². The molecule has 0 radical (unpaired) electrons. The number of nitrogens with zero attached hydrogens (tertiary/aromatic N) is 3. The lowest BCUT2D eigenvalue weighted by Crippen LogP contribution is -2.30. The minimum absolute atomic E-state index is 0.0788. The maximum atomic E-state index is 13.3. The van der Waals surface area contributed by atoms with Crippen molar-refractivity contribution >= 4 is 33.2 Å². The van der Waals surface area contributed by atoms with Crippen LogP contribution >= 0.6 is 11.6 Å². The Labute approximate surface area is 174 Å². The molecule has 3 aromatic rings. The van der Waals surface area contributed by atoms with Gasteiger partial charge in [-0.25, -0.2) is 8.42 Å². The summed E-state index contributed by atoms with van der Waals surface area (Å²) in [4.78, 5) is 12.5. The smallest absolute Gasteiger partial charge is 0.265 e. The number of benzene rings is 2. The molecule has 0 spiro atoms. The quantitative estimate of drug-likeness (QED) is 0.674. The first-order valence-corrected chi connectivity index (χ1v) is 10.8. The minimum atomic E-state index is -3.89. The highest BCUT2D eigenvalue weighted by Gasteiger charge is 2.32. The summed E-state index contributed by atoms with van der Waals surface area (Å²) < 4.78 is 29.5. The van der Waals surface area contributed by atoms with Gasteiger partial charge in [0.15, 0.2) is 0 Å². The summed E-state index contributed by atoms with van der Waals surface area (Å²) in [7, 11) is -2.10. The predicted octanol–water partition coefficient (Wildman–Crippen LogP) is 2.75. The Morgan fingerprint density at radius 1 is 1.24 bits per heavy atom. The summed E-state index contributed by atoms with van der Waals surface area (Å²) in [5.41, 5.74) is 2.69. The molecule has 2 heterocycles. The Balaban J connectivity index is 1.60. The van der Waals surface area contributed by atoms with Crippen molar-refractivity contribution in [2.45, 2.75) is 17.9 Å². The number of hydrogen-bond donors (Lipinski definition) is 1. The van der Waals surface area contributed by atoms with Gasteiger partial charge in [0, 0.05) is 37.5 Å². The molecule has 4 rings (SSSR count). The average Bonchev–Trinajstić information content (AvgIpc) is 3.32. The van der Waals surface area contributed by atoms with Gasteiger partial charge in [-0.3, -0.25) is 13.8 Å². The third kappa shape index (κ3) is 3.73. The monoisotopic (exact) mass is 430 g/mol. The Kier molecular flexibility index (Phi) is 5.06. The number of amides is 1. The number of aromatic nitrogens is 2. The second kappa shape index (κ2) is 7.53. The van der Waals surface area contributed by atoms with Crippen molar-refractivity contribution in [1.82, 2.24) is 15.1 Å². The number of hydrogen-bond acceptors (Lipinski definition) is 4. The van der Waals surface area contributed by atoms with E-state index in [1.807, 2.05) is 12.1 Å². The van der Waals surface area contributed by atoms with Gasteiger partial charge in [0.1, 0.15) is 4.90 Å². The normalized spacial score (nSPS) is 13.4. The van der Waals surface area contributed by atoms with Gasteiger partial charge in [-0.05, 0) is 36.2 Å². The van der Waals surface area contributed by atoms with Crippen molar-refractivity contribution in [3.05, 3.63) is 76.6 Å². The second-order valence-corrected chi connectivity index (χ2v) is 9.04. The topological polar surface area (TPSA) is 84.3 Å². The van der Waals surface area contributed by atoms with Crippen LogP contribution in [0.5, 0.6) is 0 Å². The Hall–Kier alpha value is -2.84. The lowest BCUT2D eigenvalue weighted by atomic mass is 10.2. The molecule has 29 heavy (non-hydrogen) atoms. The molecule has 1 N–H and O–H groups in total. The molecule has 0 saturated carbocycles. The first-order chi connectivity index (χ1) is 13.9. The molecule has 1 amide bonds. The molecule has 7 nitrogen and oxygen atoms in total. The molecule has 1 aromatic heterocycles. The Morgan fingerprint density at radius 3 is 2.79 bits per heavy atom. The van der Waals surface area contributed by atoms with Crippen molar-refractivity contribution in [1.29, 1.82) is 0 Å². The first-order valence-electron chi connectivity index (χ1n) is 9.02. The van der Waals surface area contributed by atoms with Crippen LogP contribution in [0, 0.1) is 0 Å². The van der Waals surface area contributed by atoms with E-state index in [-0.39, 0.29) is 27.9 Å². The van der Waals surface area contributed by atoms with E-state index in [4.69, 9.17) is 11.6 Å². The zero-order chi connectivity index (χ0) is 20.6. The molecule has 0 bridgehead atoms. The van der Waals surface area contributed by atoms with Crippen LogP contribution in [0.25, 0.3) is 0 Å². The zero-order valence-corrected chi connectivity index (χ0v) is 17.2. The van der Waals surface area contributed by atoms with Gasteiger partial charge >= 0.3 is 0 Å². The zero-order valence-electron chi connectivity index (χ0n) is 15.7. The van der Waals surface area contributed by atoms with Gasteiger partial charge in [0.25, 0.3) is 15.9 Å². The summed E-state index contributed by atoms with van der Waals surface area (Å²) >= 11 is 6.22. The molecule has 150 valence electrons. The Morgan fingerprint density at radius 2 is 2.03 bits per heavy atom. The molecule has 0 fully saturated rings. The summed E-state index contributed by atoms with van der Waals surface area (Å²) in [6.45, 7) is 0.631. The number of rotatable bonds is 5. The van der Waals surface area contributed by atoms with Crippen molar-refractivity contribution in [3.63, 3.8) is 0 Å². The van der Waals surface area contributed by atoms with Gasteiger partial charge in [0.2, 0.25) is 0 Å². The Bertz CT molecular complexity index is 1190. The van der Waals surface area contributed by atoms with E-state index in [0.29, 0.717) is 18.7 Å². The van der Waals surface area contributed by atoms with Gasteiger partial charge in [0.05, 0.1) is 16.9 Å². The van der Waals surface area contributed by atoms with E-state index in [1.54, 1.807) is 36.3 Å². The van der Waals surface area contributed by atoms with Crippen molar-refractivity contribution < 1.29 is 13.2 Å². The molecule has 2 aromatic carbocycles. The molecular formula is C20H19ClN4O3S. The molecule has 0 aliphatic carbocycles.